The Balaban J connectivity index is 1.30. The van der Waals surface area contributed by atoms with Crippen LogP contribution in [-0.2, 0) is 16.0 Å². The molecule has 4 aromatic rings. The van der Waals surface area contributed by atoms with Crippen LogP contribution >= 0.6 is 0 Å². The summed E-state index contributed by atoms with van der Waals surface area (Å²) in [6, 6.07) is 37.2. The number of imide groups is 1. The zero-order chi connectivity index (χ0) is 24.7. The molecule has 0 aromatic heterocycles. The number of nitrogens with zero attached hydrogens (tertiary/aromatic N) is 2. The fourth-order valence-electron chi connectivity index (χ4n) is 4.22. The average Bonchev–Trinajstić information content (AvgIpc) is 3.25. The Labute approximate surface area is 210 Å². The molecule has 36 heavy (non-hydrogen) atoms. The maximum absolute atomic E-state index is 11.7. The smallest absolute Gasteiger partial charge is 0.417 e. The third-order valence-corrected chi connectivity index (χ3v) is 6.06. The summed E-state index contributed by atoms with van der Waals surface area (Å²) in [4.78, 5) is 26.8. The Kier molecular flexibility index (Phi) is 6.90. The molecular weight excluding hydrogens is 448 g/mol. The Bertz CT molecular complexity index is 1310. The van der Waals surface area contributed by atoms with Gasteiger partial charge >= 0.3 is 6.09 Å². The van der Waals surface area contributed by atoms with Crippen LogP contribution < -0.4 is 4.90 Å². The molecule has 0 radical (unpaired) electrons. The van der Waals surface area contributed by atoms with E-state index < -0.39 is 6.09 Å². The maximum Gasteiger partial charge on any atom is 0.417 e. The Morgan fingerprint density at radius 1 is 0.694 bits per heavy atom. The molecule has 2 amide bonds. The van der Waals surface area contributed by atoms with Crippen molar-refractivity contribution in [3.8, 4) is 0 Å². The minimum Gasteiger partial charge on any atom is -0.439 e. The van der Waals surface area contributed by atoms with Gasteiger partial charge in [0.2, 0.25) is 0 Å². The molecule has 1 heterocycles. The number of carbonyl (C=O) groups excluding carboxylic acids is 2. The first-order valence-corrected chi connectivity index (χ1v) is 11.9. The van der Waals surface area contributed by atoms with E-state index in [1.807, 2.05) is 54.6 Å². The van der Waals surface area contributed by atoms with Gasteiger partial charge in [0.25, 0.3) is 5.91 Å². The van der Waals surface area contributed by atoms with E-state index in [2.05, 4.69) is 71.6 Å². The first kappa shape index (κ1) is 23.1. The Morgan fingerprint density at radius 3 is 1.92 bits per heavy atom. The molecule has 0 N–H and O–H groups in total. The van der Waals surface area contributed by atoms with Crippen LogP contribution in [0.1, 0.15) is 16.7 Å². The molecule has 178 valence electrons. The monoisotopic (exact) mass is 474 g/mol. The molecule has 0 atom stereocenters. The standard InChI is InChI=1S/C31H26N2O3/c34-30-23-36-31(35)32(30)21-20-26-9-7-8-25(22-26)15-14-24-16-18-29(19-17-24)33(27-10-3-1-4-11-27)28-12-5-2-6-13-28/h1-19,22H,20-21,23H2. The van der Waals surface area contributed by atoms with Crippen LogP contribution in [0.2, 0.25) is 0 Å². The lowest BCUT2D eigenvalue weighted by Gasteiger charge is -2.25. The van der Waals surface area contributed by atoms with Crippen LogP contribution in [0, 0.1) is 0 Å². The molecule has 1 saturated heterocycles. The SMILES string of the molecule is O=C1COC(=O)N1CCc1cccc(C=Cc2ccc(N(c3ccccc3)c3ccccc3)cc2)c1. The molecule has 4 aromatic carbocycles. The van der Waals surface area contributed by atoms with Crippen molar-refractivity contribution in [2.24, 2.45) is 0 Å². The van der Waals surface area contributed by atoms with Crippen molar-refractivity contribution in [1.29, 1.82) is 0 Å². The molecule has 0 saturated carbocycles. The summed E-state index contributed by atoms with van der Waals surface area (Å²) in [5, 5.41) is 0. The summed E-state index contributed by atoms with van der Waals surface area (Å²) < 4.78 is 4.77. The molecule has 5 nitrogen and oxygen atoms in total. The van der Waals surface area contributed by atoms with Gasteiger partial charge in [0.05, 0.1) is 0 Å². The van der Waals surface area contributed by atoms with Gasteiger partial charge in [0.1, 0.15) is 0 Å². The van der Waals surface area contributed by atoms with E-state index in [1.54, 1.807) is 0 Å². The third-order valence-electron chi connectivity index (χ3n) is 6.06. The van der Waals surface area contributed by atoms with Crippen molar-refractivity contribution in [2.45, 2.75) is 6.42 Å². The first-order chi connectivity index (χ1) is 17.7. The van der Waals surface area contributed by atoms with E-state index in [9.17, 15) is 9.59 Å². The van der Waals surface area contributed by atoms with E-state index in [0.717, 1.165) is 38.7 Å². The second-order valence-electron chi connectivity index (χ2n) is 8.53. The maximum atomic E-state index is 11.7. The highest BCUT2D eigenvalue weighted by atomic mass is 16.6. The second kappa shape index (κ2) is 10.7. The van der Waals surface area contributed by atoms with Gasteiger partial charge in [-0.05, 0) is 59.5 Å². The summed E-state index contributed by atoms with van der Waals surface area (Å²) >= 11 is 0. The summed E-state index contributed by atoms with van der Waals surface area (Å²) in [5.74, 6) is -0.280. The molecular formula is C31H26N2O3. The van der Waals surface area contributed by atoms with Crippen molar-refractivity contribution < 1.29 is 14.3 Å². The molecule has 0 bridgehead atoms. The molecule has 1 aliphatic rings. The van der Waals surface area contributed by atoms with Gasteiger partial charge in [-0.25, -0.2) is 9.69 Å². The van der Waals surface area contributed by atoms with Crippen molar-refractivity contribution >= 4 is 41.2 Å². The summed E-state index contributed by atoms with van der Waals surface area (Å²) in [5.41, 5.74) is 6.50. The van der Waals surface area contributed by atoms with Crippen molar-refractivity contribution in [3.05, 3.63) is 126 Å². The summed E-state index contributed by atoms with van der Waals surface area (Å²) in [6.07, 6.45) is 4.18. The largest absolute Gasteiger partial charge is 0.439 e. The van der Waals surface area contributed by atoms with Gasteiger partial charge in [0, 0.05) is 23.6 Å². The molecule has 1 aliphatic heterocycles. The van der Waals surface area contributed by atoms with E-state index >= 15 is 0 Å². The number of hydrogen-bond donors (Lipinski definition) is 0. The number of ether oxygens (including phenoxy) is 1. The average molecular weight is 475 g/mol. The Hall–Kier alpha value is -4.64. The number of cyclic esters (lactones) is 1. The molecule has 5 heteroatoms. The highest BCUT2D eigenvalue weighted by Gasteiger charge is 2.30. The van der Waals surface area contributed by atoms with Crippen LogP contribution in [0.15, 0.2) is 109 Å². The fourth-order valence-corrected chi connectivity index (χ4v) is 4.22. The fraction of sp³-hybridized carbons (Fsp3) is 0.0968. The second-order valence-corrected chi connectivity index (χ2v) is 8.53. The number of carbonyl (C=O) groups is 2. The van der Waals surface area contributed by atoms with E-state index in [0.29, 0.717) is 13.0 Å². The van der Waals surface area contributed by atoms with Gasteiger partial charge in [-0.3, -0.25) is 4.79 Å². The predicted molar refractivity (Wildman–Crippen MR) is 143 cm³/mol. The lowest BCUT2D eigenvalue weighted by molar-refractivity contribution is -0.125. The number of amides is 2. The van der Waals surface area contributed by atoms with Crippen LogP contribution in [0.5, 0.6) is 0 Å². The van der Waals surface area contributed by atoms with Crippen molar-refractivity contribution in [1.82, 2.24) is 4.90 Å². The van der Waals surface area contributed by atoms with Gasteiger partial charge < -0.3 is 9.64 Å². The van der Waals surface area contributed by atoms with Gasteiger partial charge in [-0.15, -0.1) is 0 Å². The van der Waals surface area contributed by atoms with Crippen molar-refractivity contribution in [2.75, 3.05) is 18.1 Å². The number of hydrogen-bond acceptors (Lipinski definition) is 4. The minimum atomic E-state index is -0.558. The molecule has 1 fully saturated rings. The molecule has 0 unspecified atom stereocenters. The Morgan fingerprint density at radius 2 is 1.31 bits per heavy atom. The van der Waals surface area contributed by atoms with E-state index in [4.69, 9.17) is 4.74 Å². The van der Waals surface area contributed by atoms with Crippen LogP contribution in [0.3, 0.4) is 0 Å². The highest BCUT2D eigenvalue weighted by molar-refractivity contribution is 5.97. The zero-order valence-electron chi connectivity index (χ0n) is 19.8. The minimum absolute atomic E-state index is 0.158. The third kappa shape index (κ3) is 5.36. The lowest BCUT2D eigenvalue weighted by Crippen LogP contribution is -2.31. The topological polar surface area (TPSA) is 49.9 Å². The summed E-state index contributed by atoms with van der Waals surface area (Å²) in [7, 11) is 0. The predicted octanol–water partition coefficient (Wildman–Crippen LogP) is 6.85. The van der Waals surface area contributed by atoms with Crippen molar-refractivity contribution in [3.63, 3.8) is 0 Å². The van der Waals surface area contributed by atoms with Crippen LogP contribution in [0.25, 0.3) is 12.2 Å². The van der Waals surface area contributed by atoms with Crippen LogP contribution in [0.4, 0.5) is 21.9 Å². The van der Waals surface area contributed by atoms with Gasteiger partial charge in [-0.1, -0.05) is 84.9 Å². The zero-order valence-corrected chi connectivity index (χ0v) is 19.8. The number of para-hydroxylation sites is 2. The van der Waals surface area contributed by atoms with E-state index in [1.165, 1.54) is 0 Å². The quantitative estimate of drug-likeness (QED) is 0.262. The van der Waals surface area contributed by atoms with Gasteiger partial charge in [-0.2, -0.15) is 0 Å². The normalized spacial score (nSPS) is 13.3. The molecule has 5 rings (SSSR count). The van der Waals surface area contributed by atoms with Crippen LogP contribution in [-0.4, -0.2) is 30.1 Å². The van der Waals surface area contributed by atoms with Gasteiger partial charge in [0.15, 0.2) is 6.61 Å². The summed E-state index contributed by atoms with van der Waals surface area (Å²) in [6.45, 7) is 0.167. The lowest BCUT2D eigenvalue weighted by atomic mass is 10.1. The number of benzene rings is 4. The first-order valence-electron chi connectivity index (χ1n) is 11.9. The number of rotatable bonds is 8. The van der Waals surface area contributed by atoms with E-state index in [-0.39, 0.29) is 12.5 Å². The highest BCUT2D eigenvalue weighted by Crippen LogP contribution is 2.34. The molecule has 0 spiro atoms. The number of anilines is 3. The molecule has 0 aliphatic carbocycles.